The number of benzene rings is 1. The smallest absolute Gasteiger partial charge is 0.238 e. The van der Waals surface area contributed by atoms with Crippen molar-refractivity contribution >= 4 is 15.9 Å². The number of piperidine rings is 1. The maximum atomic E-state index is 12.2. The van der Waals surface area contributed by atoms with Crippen LogP contribution in [0.4, 0.5) is 0 Å². The summed E-state index contributed by atoms with van der Waals surface area (Å²) in [6, 6.07) is 6.33. The topological polar surface area (TPSA) is 92.5 Å². The molecule has 0 spiro atoms. The number of rotatable bonds is 6. The molecule has 1 amide bonds. The highest BCUT2D eigenvalue weighted by Crippen LogP contribution is 2.12. The van der Waals surface area contributed by atoms with Crippen LogP contribution in [-0.4, -0.2) is 44.9 Å². The highest BCUT2D eigenvalue weighted by molar-refractivity contribution is 7.89. The van der Waals surface area contributed by atoms with Gasteiger partial charge in [-0.3, -0.25) is 9.69 Å². The molecule has 3 N–H and O–H groups in total. The van der Waals surface area contributed by atoms with Crippen LogP contribution in [0, 0.1) is 0 Å². The first-order valence-corrected chi connectivity index (χ1v) is 9.56. The van der Waals surface area contributed by atoms with Crippen LogP contribution < -0.4 is 10.5 Å². The molecule has 0 aromatic heterocycles. The predicted molar refractivity (Wildman–Crippen MR) is 89.4 cm³/mol. The molecule has 1 fully saturated rings. The average Bonchev–Trinajstić information content (AvgIpc) is 2.54. The molecule has 0 saturated carbocycles. The van der Waals surface area contributed by atoms with E-state index in [9.17, 15) is 13.2 Å². The zero-order chi connectivity index (χ0) is 16.9. The zero-order valence-corrected chi connectivity index (χ0v) is 14.3. The van der Waals surface area contributed by atoms with Gasteiger partial charge < -0.3 is 5.32 Å². The Bertz CT molecular complexity index is 622. The predicted octanol–water partition coefficient (Wildman–Crippen LogP) is 0.867. The molecule has 6 nitrogen and oxygen atoms in total. The third kappa shape index (κ3) is 5.30. The Morgan fingerprint density at radius 1 is 1.22 bits per heavy atom. The number of carbonyl (C=O) groups excluding carboxylic acids is 1. The maximum Gasteiger partial charge on any atom is 0.238 e. The van der Waals surface area contributed by atoms with E-state index in [2.05, 4.69) is 10.2 Å². The van der Waals surface area contributed by atoms with Crippen molar-refractivity contribution in [2.24, 2.45) is 5.14 Å². The highest BCUT2D eigenvalue weighted by atomic mass is 32.2. The lowest BCUT2D eigenvalue weighted by Crippen LogP contribution is -2.47. The van der Waals surface area contributed by atoms with Crippen molar-refractivity contribution < 1.29 is 13.2 Å². The second-order valence-corrected chi connectivity index (χ2v) is 7.56. The first-order valence-electron chi connectivity index (χ1n) is 8.01. The van der Waals surface area contributed by atoms with Crippen LogP contribution in [0.15, 0.2) is 29.2 Å². The summed E-state index contributed by atoms with van der Waals surface area (Å²) in [5.41, 5.74) is 0.961. The molecule has 0 bridgehead atoms. The summed E-state index contributed by atoms with van der Waals surface area (Å²) in [4.78, 5) is 14.5. The van der Waals surface area contributed by atoms with Gasteiger partial charge in [-0.2, -0.15) is 0 Å². The lowest BCUT2D eigenvalue weighted by Gasteiger charge is -2.31. The fourth-order valence-electron chi connectivity index (χ4n) is 2.80. The SMILES string of the molecule is CC(C(=O)NCCc1ccc(S(N)(=O)=O)cc1)N1CCCCC1. The van der Waals surface area contributed by atoms with E-state index in [0.717, 1.165) is 31.5 Å². The van der Waals surface area contributed by atoms with Gasteiger partial charge in [0.15, 0.2) is 0 Å². The van der Waals surface area contributed by atoms with E-state index in [4.69, 9.17) is 5.14 Å². The van der Waals surface area contributed by atoms with Gasteiger partial charge in [-0.05, 0) is 57.0 Å². The van der Waals surface area contributed by atoms with Gasteiger partial charge in [0.05, 0.1) is 10.9 Å². The van der Waals surface area contributed by atoms with Crippen LogP contribution in [0.3, 0.4) is 0 Å². The highest BCUT2D eigenvalue weighted by Gasteiger charge is 2.22. The van der Waals surface area contributed by atoms with Crippen LogP contribution in [0.5, 0.6) is 0 Å². The van der Waals surface area contributed by atoms with Gasteiger partial charge in [0.25, 0.3) is 0 Å². The molecule has 1 atom stereocenters. The number of primary sulfonamides is 1. The second-order valence-electron chi connectivity index (χ2n) is 6.00. The molecular formula is C16H25N3O3S. The number of hydrogen-bond acceptors (Lipinski definition) is 4. The van der Waals surface area contributed by atoms with E-state index in [1.54, 1.807) is 12.1 Å². The number of carbonyl (C=O) groups is 1. The summed E-state index contributed by atoms with van der Waals surface area (Å²) in [7, 11) is -3.65. The van der Waals surface area contributed by atoms with Crippen molar-refractivity contribution in [3.05, 3.63) is 29.8 Å². The molecule has 1 aliphatic heterocycles. The third-order valence-corrected chi connectivity index (χ3v) is 5.21. The molecular weight excluding hydrogens is 314 g/mol. The van der Waals surface area contributed by atoms with Crippen molar-refractivity contribution in [2.75, 3.05) is 19.6 Å². The van der Waals surface area contributed by atoms with Crippen LogP contribution in [0.25, 0.3) is 0 Å². The third-order valence-electron chi connectivity index (χ3n) is 4.28. The van der Waals surface area contributed by atoms with Crippen molar-refractivity contribution in [1.29, 1.82) is 0 Å². The standard InChI is InChI=1S/C16H25N3O3S/c1-13(19-11-3-2-4-12-19)16(20)18-10-9-14-5-7-15(8-6-14)23(17,21)22/h5-8,13H,2-4,9-12H2,1H3,(H,18,20)(H2,17,21,22). The number of nitrogens with zero attached hydrogens (tertiary/aromatic N) is 1. The lowest BCUT2D eigenvalue weighted by atomic mass is 10.1. The molecule has 2 rings (SSSR count). The molecule has 1 aromatic carbocycles. The minimum atomic E-state index is -3.65. The van der Waals surface area contributed by atoms with Gasteiger partial charge in [-0.15, -0.1) is 0 Å². The Balaban J connectivity index is 1.78. The van der Waals surface area contributed by atoms with Crippen molar-refractivity contribution in [3.63, 3.8) is 0 Å². The number of likely N-dealkylation sites (tertiary alicyclic amines) is 1. The largest absolute Gasteiger partial charge is 0.354 e. The summed E-state index contributed by atoms with van der Waals surface area (Å²) in [5, 5.41) is 8.01. The summed E-state index contributed by atoms with van der Waals surface area (Å²) in [6.45, 7) is 4.46. The number of nitrogens with two attached hydrogens (primary N) is 1. The number of sulfonamides is 1. The van der Waals surface area contributed by atoms with Gasteiger partial charge in [-0.1, -0.05) is 18.6 Å². The quantitative estimate of drug-likeness (QED) is 0.804. The Morgan fingerprint density at radius 2 is 1.83 bits per heavy atom. The van der Waals surface area contributed by atoms with E-state index in [0.29, 0.717) is 13.0 Å². The molecule has 1 aliphatic rings. The van der Waals surface area contributed by atoms with Crippen molar-refractivity contribution in [3.8, 4) is 0 Å². The van der Waals surface area contributed by atoms with Crippen LogP contribution in [0.1, 0.15) is 31.7 Å². The number of nitrogens with one attached hydrogen (secondary N) is 1. The second kappa shape index (κ2) is 7.90. The summed E-state index contributed by atoms with van der Waals surface area (Å²) in [6.07, 6.45) is 4.23. The molecule has 1 unspecified atom stereocenters. The van der Waals surface area contributed by atoms with E-state index in [1.165, 1.54) is 18.6 Å². The van der Waals surface area contributed by atoms with Crippen LogP contribution in [-0.2, 0) is 21.2 Å². The molecule has 1 saturated heterocycles. The molecule has 128 valence electrons. The fourth-order valence-corrected chi connectivity index (χ4v) is 3.31. The van der Waals surface area contributed by atoms with Gasteiger partial charge >= 0.3 is 0 Å². The molecule has 0 radical (unpaired) electrons. The van der Waals surface area contributed by atoms with E-state index in [-0.39, 0.29) is 16.8 Å². The van der Waals surface area contributed by atoms with Crippen molar-refractivity contribution in [2.45, 2.75) is 43.5 Å². The minimum Gasteiger partial charge on any atom is -0.354 e. The molecule has 1 heterocycles. The van der Waals surface area contributed by atoms with Gasteiger partial charge in [0, 0.05) is 6.54 Å². The Morgan fingerprint density at radius 3 is 2.39 bits per heavy atom. The molecule has 1 aromatic rings. The molecule has 7 heteroatoms. The summed E-state index contributed by atoms with van der Waals surface area (Å²) in [5.74, 6) is 0.0491. The number of amides is 1. The normalized spacial score (nSPS) is 17.7. The van der Waals surface area contributed by atoms with Gasteiger partial charge in [0.2, 0.25) is 15.9 Å². The molecule has 0 aliphatic carbocycles. The monoisotopic (exact) mass is 339 g/mol. The van der Waals surface area contributed by atoms with E-state index in [1.807, 2.05) is 6.92 Å². The Labute approximate surface area is 138 Å². The Kier molecular flexibility index (Phi) is 6.15. The van der Waals surface area contributed by atoms with Gasteiger partial charge in [0.1, 0.15) is 0 Å². The average molecular weight is 339 g/mol. The fraction of sp³-hybridized carbons (Fsp3) is 0.562. The minimum absolute atomic E-state index is 0.0491. The zero-order valence-electron chi connectivity index (χ0n) is 13.5. The molecule has 23 heavy (non-hydrogen) atoms. The first kappa shape index (κ1) is 17.9. The maximum absolute atomic E-state index is 12.2. The van der Waals surface area contributed by atoms with Crippen molar-refractivity contribution in [1.82, 2.24) is 10.2 Å². The first-order chi connectivity index (χ1) is 10.9. The summed E-state index contributed by atoms with van der Waals surface area (Å²) >= 11 is 0. The van der Waals surface area contributed by atoms with Gasteiger partial charge in [-0.25, -0.2) is 13.6 Å². The van der Waals surface area contributed by atoms with Crippen LogP contribution in [0.2, 0.25) is 0 Å². The number of hydrogen-bond donors (Lipinski definition) is 2. The van der Waals surface area contributed by atoms with E-state index < -0.39 is 10.0 Å². The lowest BCUT2D eigenvalue weighted by molar-refractivity contribution is -0.126. The van der Waals surface area contributed by atoms with Crippen LogP contribution >= 0.6 is 0 Å². The summed E-state index contributed by atoms with van der Waals surface area (Å²) < 4.78 is 22.4. The van der Waals surface area contributed by atoms with E-state index >= 15 is 0 Å². The Hall–Kier alpha value is -1.44.